The van der Waals surface area contributed by atoms with Gasteiger partial charge in [-0.25, -0.2) is 14.2 Å². The molecule has 0 radical (unpaired) electrons. The van der Waals surface area contributed by atoms with Gasteiger partial charge in [-0.2, -0.15) is 0 Å². The van der Waals surface area contributed by atoms with Gasteiger partial charge in [-0.3, -0.25) is 4.57 Å². The molecule has 1 aromatic carbocycles. The molecule has 0 atom stereocenters. The van der Waals surface area contributed by atoms with E-state index in [1.54, 1.807) is 15.2 Å². The molecule has 3 aromatic rings. The topological polar surface area (TPSA) is 85.8 Å². The number of hydrogen-bond donors (Lipinski definition) is 1. The van der Waals surface area contributed by atoms with Crippen molar-refractivity contribution in [3.05, 3.63) is 48.1 Å². The molecular weight excluding hydrogens is 277 g/mol. The summed E-state index contributed by atoms with van der Waals surface area (Å²) in [6, 6.07) is 4.24. The van der Waals surface area contributed by atoms with E-state index in [2.05, 4.69) is 15.2 Å². The summed E-state index contributed by atoms with van der Waals surface area (Å²) in [6.45, 7) is 0.250. The van der Waals surface area contributed by atoms with Crippen LogP contribution in [0.5, 0.6) is 0 Å². The van der Waals surface area contributed by atoms with Crippen LogP contribution in [-0.2, 0) is 6.54 Å². The minimum absolute atomic E-state index is 0.0353. The number of carboxylic acid groups (broad SMARTS) is 1. The van der Waals surface area contributed by atoms with Crippen molar-refractivity contribution < 1.29 is 14.3 Å². The first kappa shape index (κ1) is 11.8. The number of carboxylic acids is 1. The maximum atomic E-state index is 13.6. The number of aromatic carboxylic acids is 1. The smallest absolute Gasteiger partial charge is 0.356 e. The first-order valence-corrected chi connectivity index (χ1v) is 6.13. The number of aromatic nitrogens is 5. The van der Waals surface area contributed by atoms with Crippen molar-refractivity contribution in [2.24, 2.45) is 0 Å². The van der Waals surface area contributed by atoms with Gasteiger partial charge in [0, 0.05) is 5.56 Å². The average molecular weight is 285 g/mol. The fraction of sp³-hybridized carbons (Fsp3) is 0.0769. The van der Waals surface area contributed by atoms with Crippen molar-refractivity contribution in [2.75, 3.05) is 0 Å². The maximum Gasteiger partial charge on any atom is 0.356 e. The van der Waals surface area contributed by atoms with Crippen LogP contribution in [0, 0.1) is 5.82 Å². The highest BCUT2D eigenvalue weighted by atomic mass is 19.1. The fourth-order valence-electron chi connectivity index (χ4n) is 2.55. The molecule has 1 N–H and O–H groups in total. The summed E-state index contributed by atoms with van der Waals surface area (Å²) in [4.78, 5) is 15.2. The standard InChI is InChI=1S/C13H8FN5O2/c14-7-1-2-9-8(3-7)12-17-16-6-18(12)4-10-11(13(20)21)15-5-19(9)10/h1-3,5-6H,4H2,(H,20,21). The molecular formula is C13H8FN5O2. The highest BCUT2D eigenvalue weighted by Gasteiger charge is 2.25. The second-order valence-corrected chi connectivity index (χ2v) is 4.66. The number of fused-ring (bicyclic) bond motifs is 5. The third-order valence-electron chi connectivity index (χ3n) is 3.46. The summed E-state index contributed by atoms with van der Waals surface area (Å²) in [5.74, 6) is -1.02. The normalized spacial score (nSPS) is 12.2. The van der Waals surface area contributed by atoms with Crippen molar-refractivity contribution >= 4 is 5.97 Å². The summed E-state index contributed by atoms with van der Waals surface area (Å²) < 4.78 is 16.9. The molecule has 2 aromatic heterocycles. The molecule has 1 aliphatic heterocycles. The largest absolute Gasteiger partial charge is 0.476 e. The van der Waals surface area contributed by atoms with Gasteiger partial charge >= 0.3 is 5.97 Å². The number of hydrogen-bond acceptors (Lipinski definition) is 4. The van der Waals surface area contributed by atoms with Gasteiger partial charge in [0.25, 0.3) is 0 Å². The third-order valence-corrected chi connectivity index (χ3v) is 3.46. The van der Waals surface area contributed by atoms with Gasteiger partial charge < -0.3 is 9.67 Å². The lowest BCUT2D eigenvalue weighted by molar-refractivity contribution is 0.0689. The van der Waals surface area contributed by atoms with Crippen LogP contribution in [0.25, 0.3) is 17.1 Å². The Balaban J connectivity index is 2.09. The van der Waals surface area contributed by atoms with E-state index >= 15 is 0 Å². The van der Waals surface area contributed by atoms with Gasteiger partial charge in [0.1, 0.15) is 18.5 Å². The number of rotatable bonds is 1. The molecule has 7 nitrogen and oxygen atoms in total. The van der Waals surface area contributed by atoms with E-state index in [1.807, 2.05) is 0 Å². The van der Waals surface area contributed by atoms with Gasteiger partial charge in [-0.1, -0.05) is 0 Å². The van der Waals surface area contributed by atoms with Crippen LogP contribution in [-0.4, -0.2) is 35.4 Å². The van der Waals surface area contributed by atoms with Crippen LogP contribution in [0.2, 0.25) is 0 Å². The van der Waals surface area contributed by atoms with Crippen molar-refractivity contribution in [1.29, 1.82) is 0 Å². The van der Waals surface area contributed by atoms with Crippen LogP contribution >= 0.6 is 0 Å². The van der Waals surface area contributed by atoms with E-state index in [0.29, 0.717) is 22.8 Å². The summed E-state index contributed by atoms with van der Waals surface area (Å²) >= 11 is 0. The van der Waals surface area contributed by atoms with E-state index in [1.165, 1.54) is 24.8 Å². The zero-order chi connectivity index (χ0) is 14.6. The molecule has 0 saturated carbocycles. The lowest BCUT2D eigenvalue weighted by Gasteiger charge is -2.08. The molecule has 0 aliphatic carbocycles. The van der Waals surface area contributed by atoms with Gasteiger partial charge in [0.2, 0.25) is 0 Å². The van der Waals surface area contributed by atoms with Crippen LogP contribution in [0.4, 0.5) is 4.39 Å². The van der Waals surface area contributed by atoms with E-state index in [-0.39, 0.29) is 12.2 Å². The molecule has 0 saturated heterocycles. The maximum absolute atomic E-state index is 13.6. The monoisotopic (exact) mass is 285 g/mol. The number of halogens is 1. The zero-order valence-electron chi connectivity index (χ0n) is 10.6. The van der Waals surface area contributed by atoms with Gasteiger partial charge in [-0.15, -0.1) is 10.2 Å². The Hall–Kier alpha value is -3.03. The SMILES string of the molecule is O=C(O)c1ncn2c1Cn1cnnc1-c1cc(F)ccc1-2. The van der Waals surface area contributed by atoms with Gasteiger partial charge in [0.15, 0.2) is 11.5 Å². The quantitative estimate of drug-likeness (QED) is 0.570. The summed E-state index contributed by atoms with van der Waals surface area (Å²) in [6.07, 6.45) is 2.91. The molecule has 0 fully saturated rings. The fourth-order valence-corrected chi connectivity index (χ4v) is 2.55. The molecule has 0 bridgehead atoms. The summed E-state index contributed by atoms with van der Waals surface area (Å²) in [7, 11) is 0. The molecule has 104 valence electrons. The number of carbonyl (C=O) groups is 1. The van der Waals surface area contributed by atoms with Gasteiger partial charge in [0.05, 0.1) is 17.9 Å². The highest BCUT2D eigenvalue weighted by molar-refractivity contribution is 5.87. The number of benzene rings is 1. The van der Waals surface area contributed by atoms with Crippen LogP contribution in [0.1, 0.15) is 16.2 Å². The summed E-state index contributed by atoms with van der Waals surface area (Å²) in [5.41, 5.74) is 1.62. The molecule has 0 spiro atoms. The Morgan fingerprint density at radius 2 is 2.19 bits per heavy atom. The van der Waals surface area contributed by atoms with Gasteiger partial charge in [-0.05, 0) is 18.2 Å². The van der Waals surface area contributed by atoms with E-state index in [9.17, 15) is 14.3 Å². The molecule has 0 unspecified atom stereocenters. The second-order valence-electron chi connectivity index (χ2n) is 4.66. The zero-order valence-corrected chi connectivity index (χ0v) is 10.6. The lowest BCUT2D eigenvalue weighted by Crippen LogP contribution is -2.08. The van der Waals surface area contributed by atoms with Crippen molar-refractivity contribution in [3.8, 4) is 17.1 Å². The molecule has 4 rings (SSSR count). The minimum Gasteiger partial charge on any atom is -0.476 e. The Kier molecular flexibility index (Phi) is 2.23. The second kappa shape index (κ2) is 3.98. The Bertz CT molecular complexity index is 883. The van der Waals surface area contributed by atoms with E-state index in [4.69, 9.17) is 0 Å². The Morgan fingerprint density at radius 3 is 3.00 bits per heavy atom. The van der Waals surface area contributed by atoms with Crippen molar-refractivity contribution in [1.82, 2.24) is 24.3 Å². The van der Waals surface area contributed by atoms with Crippen molar-refractivity contribution in [3.63, 3.8) is 0 Å². The molecule has 1 aliphatic rings. The van der Waals surface area contributed by atoms with E-state index < -0.39 is 11.8 Å². The Labute approximate surface area is 117 Å². The average Bonchev–Trinajstić information content (AvgIpc) is 3.04. The van der Waals surface area contributed by atoms with Crippen molar-refractivity contribution in [2.45, 2.75) is 6.54 Å². The minimum atomic E-state index is -1.11. The molecule has 8 heteroatoms. The first-order chi connectivity index (χ1) is 10.1. The van der Waals surface area contributed by atoms with Crippen LogP contribution in [0.3, 0.4) is 0 Å². The Morgan fingerprint density at radius 1 is 1.33 bits per heavy atom. The summed E-state index contributed by atoms with van der Waals surface area (Å²) in [5, 5.41) is 17.1. The third kappa shape index (κ3) is 1.59. The highest BCUT2D eigenvalue weighted by Crippen LogP contribution is 2.31. The lowest BCUT2D eigenvalue weighted by atomic mass is 10.1. The molecule has 3 heterocycles. The van der Waals surface area contributed by atoms with E-state index in [0.717, 1.165) is 0 Å². The molecule has 0 amide bonds. The first-order valence-electron chi connectivity index (χ1n) is 6.13. The predicted octanol–water partition coefficient (Wildman–Crippen LogP) is 1.33. The van der Waals surface area contributed by atoms with Crippen LogP contribution < -0.4 is 0 Å². The molecule has 21 heavy (non-hydrogen) atoms. The predicted molar refractivity (Wildman–Crippen MR) is 68.6 cm³/mol. The number of nitrogens with zero attached hydrogens (tertiary/aromatic N) is 5. The van der Waals surface area contributed by atoms with Crippen LogP contribution in [0.15, 0.2) is 30.9 Å². The number of imidazole rings is 1.